The maximum atomic E-state index is 14.4. The maximum Gasteiger partial charge on any atom is 0.354 e. The second-order valence-corrected chi connectivity index (χ2v) is 10.3. The molecule has 1 saturated heterocycles. The summed E-state index contributed by atoms with van der Waals surface area (Å²) in [5.74, 6) is -0.101. The molecule has 10 nitrogen and oxygen atoms in total. The van der Waals surface area contributed by atoms with E-state index in [1.54, 1.807) is 12.3 Å². The number of carboxylic acid groups (broad SMARTS) is 1. The van der Waals surface area contributed by atoms with Crippen molar-refractivity contribution in [2.45, 2.75) is 58.3 Å². The third-order valence-corrected chi connectivity index (χ3v) is 7.39. The molecule has 2 aliphatic rings. The fraction of sp³-hybridized carbons (Fsp3) is 0.379. The molecule has 206 valence electrons. The average Bonchev–Trinajstić information content (AvgIpc) is 3.27. The number of imidazole rings is 1. The minimum atomic E-state index is -1.07. The number of aromatic nitrogens is 6. The molecule has 6 rings (SSSR count). The quantitative estimate of drug-likeness (QED) is 0.323. The second-order valence-electron chi connectivity index (χ2n) is 10.3. The van der Waals surface area contributed by atoms with Crippen LogP contribution in [0, 0.1) is 18.7 Å². The highest BCUT2D eigenvalue weighted by atomic mass is 19.1. The van der Waals surface area contributed by atoms with Crippen LogP contribution in [0.2, 0.25) is 0 Å². The molecule has 0 bridgehead atoms. The number of allylic oxidation sites excluding steroid dienone is 2. The van der Waals surface area contributed by atoms with Crippen LogP contribution in [0.1, 0.15) is 59.1 Å². The number of fused-ring (bicyclic) bond motifs is 1. The summed E-state index contributed by atoms with van der Waals surface area (Å²) in [5, 5.41) is 9.42. The van der Waals surface area contributed by atoms with Gasteiger partial charge in [0.2, 0.25) is 5.82 Å². The van der Waals surface area contributed by atoms with Crippen LogP contribution >= 0.6 is 0 Å². The van der Waals surface area contributed by atoms with E-state index >= 15 is 0 Å². The SMILES string of the molecule is Cc1ccc(COc2nc(C3=CCC(Cc4nc5ccc(C(=O)O)nc5n4CC4CCO4)CC3)ncc2F)nc1. The minimum absolute atomic E-state index is 0.00209. The van der Waals surface area contributed by atoms with E-state index in [0.717, 1.165) is 61.9 Å². The topological polar surface area (TPSA) is 125 Å². The first-order valence-electron chi connectivity index (χ1n) is 13.4. The van der Waals surface area contributed by atoms with E-state index in [0.29, 0.717) is 35.1 Å². The smallest absolute Gasteiger partial charge is 0.354 e. The van der Waals surface area contributed by atoms with E-state index < -0.39 is 11.8 Å². The summed E-state index contributed by atoms with van der Waals surface area (Å²) in [5.41, 5.74) is 3.94. The van der Waals surface area contributed by atoms with E-state index in [4.69, 9.17) is 14.5 Å². The third kappa shape index (κ3) is 5.55. The van der Waals surface area contributed by atoms with Gasteiger partial charge in [0.25, 0.3) is 5.88 Å². The number of hydrogen-bond acceptors (Lipinski definition) is 8. The Bertz CT molecular complexity index is 1580. The number of halogens is 1. The molecule has 0 amide bonds. The Morgan fingerprint density at radius 1 is 1.15 bits per heavy atom. The van der Waals surface area contributed by atoms with Gasteiger partial charge in [0.05, 0.1) is 24.5 Å². The van der Waals surface area contributed by atoms with E-state index in [1.807, 2.05) is 23.6 Å². The van der Waals surface area contributed by atoms with Crippen LogP contribution in [0.5, 0.6) is 5.88 Å². The van der Waals surface area contributed by atoms with Gasteiger partial charge < -0.3 is 19.1 Å². The Morgan fingerprint density at radius 2 is 2.02 bits per heavy atom. The van der Waals surface area contributed by atoms with Crippen LogP contribution in [0.4, 0.5) is 4.39 Å². The molecule has 0 saturated carbocycles. The molecule has 40 heavy (non-hydrogen) atoms. The first-order valence-corrected chi connectivity index (χ1v) is 13.4. The summed E-state index contributed by atoms with van der Waals surface area (Å²) < 4.78 is 27.7. The predicted molar refractivity (Wildman–Crippen MR) is 143 cm³/mol. The lowest BCUT2D eigenvalue weighted by atomic mass is 9.87. The fourth-order valence-corrected chi connectivity index (χ4v) is 5.02. The van der Waals surface area contributed by atoms with Gasteiger partial charge in [-0.05, 0) is 67.9 Å². The van der Waals surface area contributed by atoms with Crippen molar-refractivity contribution in [3.05, 3.63) is 77.2 Å². The molecule has 11 heteroatoms. The predicted octanol–water partition coefficient (Wildman–Crippen LogP) is 4.56. The molecule has 4 aromatic heterocycles. The number of hydrogen-bond donors (Lipinski definition) is 1. The highest BCUT2D eigenvalue weighted by molar-refractivity contribution is 5.88. The summed E-state index contributed by atoms with van der Waals surface area (Å²) in [7, 11) is 0. The van der Waals surface area contributed by atoms with Gasteiger partial charge in [-0.1, -0.05) is 12.1 Å². The van der Waals surface area contributed by atoms with Gasteiger partial charge in [0.15, 0.2) is 17.2 Å². The van der Waals surface area contributed by atoms with Crippen molar-refractivity contribution in [1.82, 2.24) is 29.5 Å². The molecule has 1 N–H and O–H groups in total. The standard InChI is InChI=1S/C29H29FN6O4/c1-17-2-7-20(31-13-17)16-40-28-22(30)14-32-26(35-28)19-5-3-18(4-6-19)12-25-33-23-8-9-24(29(37)38)34-27(23)36(25)15-21-10-11-39-21/h2,5,7-9,13-14,18,21H,3-4,6,10-12,15-16H2,1H3,(H,37,38). The highest BCUT2D eigenvalue weighted by Crippen LogP contribution is 2.32. The molecule has 1 aliphatic heterocycles. The van der Waals surface area contributed by atoms with Crippen molar-refractivity contribution in [1.29, 1.82) is 0 Å². The van der Waals surface area contributed by atoms with Gasteiger partial charge >= 0.3 is 5.97 Å². The Hall–Kier alpha value is -4.25. The van der Waals surface area contributed by atoms with Gasteiger partial charge in [-0.15, -0.1) is 0 Å². The Balaban J connectivity index is 1.16. The fourth-order valence-electron chi connectivity index (χ4n) is 5.02. The van der Waals surface area contributed by atoms with Crippen LogP contribution < -0.4 is 4.74 Å². The van der Waals surface area contributed by atoms with E-state index in [9.17, 15) is 14.3 Å². The van der Waals surface area contributed by atoms with E-state index in [-0.39, 0.29) is 24.3 Å². The molecular weight excluding hydrogens is 515 g/mol. The molecule has 0 aromatic carbocycles. The van der Waals surface area contributed by atoms with Crippen molar-refractivity contribution in [2.24, 2.45) is 5.92 Å². The number of aromatic carboxylic acids is 1. The van der Waals surface area contributed by atoms with Crippen molar-refractivity contribution in [3.63, 3.8) is 0 Å². The number of nitrogens with zero attached hydrogens (tertiary/aromatic N) is 6. The summed E-state index contributed by atoms with van der Waals surface area (Å²) >= 11 is 0. The second kappa shape index (κ2) is 11.1. The summed E-state index contributed by atoms with van der Waals surface area (Å²) in [6.45, 7) is 3.40. The molecule has 2 atom stereocenters. The number of carboxylic acids is 1. The Kier molecular flexibility index (Phi) is 7.21. The number of ether oxygens (including phenoxy) is 2. The van der Waals surface area contributed by atoms with E-state index in [2.05, 4.69) is 26.0 Å². The zero-order valence-electron chi connectivity index (χ0n) is 22.1. The largest absolute Gasteiger partial charge is 0.477 e. The first kappa shape index (κ1) is 26.0. The molecule has 5 heterocycles. The van der Waals surface area contributed by atoms with E-state index in [1.165, 1.54) is 6.07 Å². The Labute approximate surface area is 230 Å². The van der Waals surface area contributed by atoms with Gasteiger partial charge in [-0.2, -0.15) is 9.37 Å². The van der Waals surface area contributed by atoms with Gasteiger partial charge in [-0.25, -0.2) is 19.7 Å². The van der Waals surface area contributed by atoms with Crippen LogP contribution in [-0.4, -0.2) is 53.3 Å². The van der Waals surface area contributed by atoms with Gasteiger partial charge in [0, 0.05) is 19.2 Å². The third-order valence-electron chi connectivity index (χ3n) is 7.39. The maximum absolute atomic E-state index is 14.4. The number of carbonyl (C=O) groups is 1. The van der Waals surface area contributed by atoms with Crippen molar-refractivity contribution in [2.75, 3.05) is 6.61 Å². The highest BCUT2D eigenvalue weighted by Gasteiger charge is 2.26. The van der Waals surface area contributed by atoms with Gasteiger partial charge in [-0.3, -0.25) is 4.98 Å². The average molecular weight is 545 g/mol. The Morgan fingerprint density at radius 3 is 2.73 bits per heavy atom. The lowest BCUT2D eigenvalue weighted by Gasteiger charge is -2.28. The zero-order chi connectivity index (χ0) is 27.6. The number of pyridine rings is 2. The van der Waals surface area contributed by atoms with Gasteiger partial charge in [0.1, 0.15) is 17.9 Å². The lowest BCUT2D eigenvalue weighted by molar-refractivity contribution is -0.0591. The molecule has 2 unspecified atom stereocenters. The lowest BCUT2D eigenvalue weighted by Crippen LogP contribution is -2.32. The molecular formula is C29H29FN6O4. The molecule has 4 aromatic rings. The normalized spacial score (nSPS) is 18.8. The summed E-state index contributed by atoms with van der Waals surface area (Å²) in [6, 6.07) is 6.97. The first-order chi connectivity index (χ1) is 19.4. The molecule has 0 radical (unpaired) electrons. The minimum Gasteiger partial charge on any atom is -0.477 e. The zero-order valence-corrected chi connectivity index (χ0v) is 22.1. The number of rotatable bonds is 9. The molecule has 1 aliphatic carbocycles. The summed E-state index contributed by atoms with van der Waals surface area (Å²) in [4.78, 5) is 33.6. The number of aryl methyl sites for hydroxylation is 1. The monoisotopic (exact) mass is 544 g/mol. The summed E-state index contributed by atoms with van der Waals surface area (Å²) in [6.07, 6.45) is 9.16. The molecule has 1 fully saturated rings. The van der Waals surface area contributed by atoms with Crippen molar-refractivity contribution < 1.29 is 23.8 Å². The van der Waals surface area contributed by atoms with Crippen LogP contribution in [0.25, 0.3) is 16.7 Å². The molecule has 0 spiro atoms. The van der Waals surface area contributed by atoms with Crippen molar-refractivity contribution >= 4 is 22.7 Å². The van der Waals surface area contributed by atoms with Crippen LogP contribution in [-0.2, 0) is 24.3 Å². The van der Waals surface area contributed by atoms with Crippen molar-refractivity contribution in [3.8, 4) is 5.88 Å². The van der Waals surface area contributed by atoms with Crippen LogP contribution in [0.15, 0.2) is 42.7 Å². The van der Waals surface area contributed by atoms with Crippen LogP contribution in [0.3, 0.4) is 0 Å².